The molecular formula is C17H20BrN3O2. The van der Waals surface area contributed by atoms with E-state index in [2.05, 4.69) is 33.2 Å². The number of amides is 2. The third-order valence-electron chi connectivity index (χ3n) is 4.21. The summed E-state index contributed by atoms with van der Waals surface area (Å²) < 4.78 is 0.900. The first kappa shape index (κ1) is 16.1. The predicted octanol–water partition coefficient (Wildman–Crippen LogP) is 2.92. The number of carbonyl (C=O) groups excluding carboxylic acids is 2. The zero-order valence-electron chi connectivity index (χ0n) is 13.1. The van der Waals surface area contributed by atoms with Crippen molar-refractivity contribution in [2.75, 3.05) is 19.6 Å². The minimum Gasteiger partial charge on any atom is -0.360 e. The second-order valence-electron chi connectivity index (χ2n) is 6.12. The fourth-order valence-electron chi connectivity index (χ4n) is 3.02. The summed E-state index contributed by atoms with van der Waals surface area (Å²) in [7, 11) is 0. The average molecular weight is 378 g/mol. The van der Waals surface area contributed by atoms with Crippen molar-refractivity contribution < 1.29 is 9.59 Å². The smallest absolute Gasteiger partial charge is 0.253 e. The third kappa shape index (κ3) is 3.42. The number of aromatic amines is 1. The van der Waals surface area contributed by atoms with E-state index in [1.807, 2.05) is 23.1 Å². The van der Waals surface area contributed by atoms with Crippen LogP contribution in [0.25, 0.3) is 10.9 Å². The summed E-state index contributed by atoms with van der Waals surface area (Å²) in [5, 5.41) is 3.87. The minimum atomic E-state index is -0.0947. The molecule has 1 aliphatic rings. The van der Waals surface area contributed by atoms with E-state index < -0.39 is 0 Å². The first-order chi connectivity index (χ1) is 11.1. The van der Waals surface area contributed by atoms with Crippen LogP contribution in [-0.2, 0) is 4.79 Å². The van der Waals surface area contributed by atoms with Crippen LogP contribution in [0.3, 0.4) is 0 Å². The van der Waals surface area contributed by atoms with Crippen molar-refractivity contribution in [3.8, 4) is 0 Å². The molecule has 23 heavy (non-hydrogen) atoms. The van der Waals surface area contributed by atoms with Gasteiger partial charge in [0, 0.05) is 47.6 Å². The molecule has 0 radical (unpaired) electrons. The van der Waals surface area contributed by atoms with Crippen LogP contribution in [0.5, 0.6) is 0 Å². The lowest BCUT2D eigenvalue weighted by atomic mass is 10.1. The monoisotopic (exact) mass is 377 g/mol. The number of hydrogen-bond acceptors (Lipinski definition) is 2. The summed E-state index contributed by atoms with van der Waals surface area (Å²) in [6, 6.07) is 5.80. The number of aromatic nitrogens is 1. The molecule has 1 atom stereocenters. The molecular weight excluding hydrogens is 358 g/mol. The van der Waals surface area contributed by atoms with Crippen molar-refractivity contribution in [1.82, 2.24) is 15.2 Å². The maximum absolute atomic E-state index is 12.4. The highest BCUT2D eigenvalue weighted by Crippen LogP contribution is 2.26. The molecule has 2 N–H and O–H groups in total. The van der Waals surface area contributed by atoms with Gasteiger partial charge in [-0.25, -0.2) is 0 Å². The van der Waals surface area contributed by atoms with Crippen molar-refractivity contribution in [3.63, 3.8) is 0 Å². The lowest BCUT2D eigenvalue weighted by Gasteiger charge is -2.21. The van der Waals surface area contributed by atoms with Gasteiger partial charge in [0.05, 0.1) is 5.56 Å². The molecule has 0 unspecified atom stereocenters. The van der Waals surface area contributed by atoms with Crippen LogP contribution in [0.1, 0.15) is 30.1 Å². The van der Waals surface area contributed by atoms with E-state index in [-0.39, 0.29) is 17.7 Å². The largest absolute Gasteiger partial charge is 0.360 e. The highest BCUT2D eigenvalue weighted by atomic mass is 79.9. The van der Waals surface area contributed by atoms with E-state index in [1.54, 1.807) is 6.20 Å². The number of fused-ring (bicyclic) bond motifs is 1. The Balaban J connectivity index is 1.61. The Morgan fingerprint density at radius 1 is 1.48 bits per heavy atom. The highest BCUT2D eigenvalue weighted by Gasteiger charge is 2.22. The Morgan fingerprint density at radius 2 is 2.30 bits per heavy atom. The van der Waals surface area contributed by atoms with E-state index in [0.29, 0.717) is 25.1 Å². The molecule has 0 aliphatic carbocycles. The summed E-state index contributed by atoms with van der Waals surface area (Å²) in [5.74, 6) is 0.362. The van der Waals surface area contributed by atoms with Gasteiger partial charge in [0.25, 0.3) is 5.91 Å². The number of nitrogens with one attached hydrogen (secondary N) is 2. The molecule has 6 heteroatoms. The zero-order chi connectivity index (χ0) is 16.4. The lowest BCUT2D eigenvalue weighted by molar-refractivity contribution is -0.128. The maximum Gasteiger partial charge on any atom is 0.253 e. The number of H-pyrrole nitrogens is 1. The molecule has 2 heterocycles. The van der Waals surface area contributed by atoms with E-state index in [9.17, 15) is 9.59 Å². The fraction of sp³-hybridized carbons (Fsp3) is 0.412. The molecule has 0 bridgehead atoms. The van der Waals surface area contributed by atoms with Gasteiger partial charge in [0.2, 0.25) is 5.91 Å². The topological polar surface area (TPSA) is 65.2 Å². The zero-order valence-corrected chi connectivity index (χ0v) is 14.6. The Hall–Kier alpha value is -1.82. The van der Waals surface area contributed by atoms with Crippen LogP contribution in [-0.4, -0.2) is 41.3 Å². The molecule has 1 saturated heterocycles. The van der Waals surface area contributed by atoms with Gasteiger partial charge in [-0.2, -0.15) is 0 Å². The van der Waals surface area contributed by atoms with Crippen molar-refractivity contribution in [2.24, 2.45) is 5.92 Å². The number of carbonyl (C=O) groups is 2. The van der Waals surface area contributed by atoms with Crippen LogP contribution in [0.2, 0.25) is 0 Å². The van der Waals surface area contributed by atoms with Crippen LogP contribution in [0.15, 0.2) is 28.9 Å². The number of halogens is 1. The van der Waals surface area contributed by atoms with E-state index in [0.717, 1.165) is 28.3 Å². The summed E-state index contributed by atoms with van der Waals surface area (Å²) in [5.41, 5.74) is 1.57. The maximum atomic E-state index is 12.4. The number of rotatable bonds is 5. The first-order valence-electron chi connectivity index (χ1n) is 7.88. The normalized spacial score (nSPS) is 16.1. The molecule has 3 rings (SSSR count). The molecule has 122 valence electrons. The van der Waals surface area contributed by atoms with Gasteiger partial charge < -0.3 is 15.2 Å². The number of likely N-dealkylation sites (tertiary alicyclic amines) is 1. The Kier molecular flexibility index (Phi) is 4.71. The second-order valence-corrected chi connectivity index (χ2v) is 6.98. The number of benzene rings is 1. The standard InChI is InChI=1S/C17H20BrN3O2/c1-11(10-21-7-3-6-15(21)22)8-20-17(23)12-9-19-14-5-2-4-13(18)16(12)14/h2,4-5,9,11,19H,3,6-8,10H2,1H3,(H,20,23)/t11-/m1/s1. The molecule has 1 fully saturated rings. The van der Waals surface area contributed by atoms with Gasteiger partial charge in [0.15, 0.2) is 0 Å². The molecule has 2 aromatic rings. The van der Waals surface area contributed by atoms with E-state index >= 15 is 0 Å². The van der Waals surface area contributed by atoms with Gasteiger partial charge in [-0.15, -0.1) is 0 Å². The molecule has 1 aliphatic heterocycles. The third-order valence-corrected chi connectivity index (χ3v) is 4.87. The molecule has 2 amide bonds. The SMILES string of the molecule is C[C@H](CNC(=O)c1c[nH]c2cccc(Br)c12)CN1CCCC1=O. The molecule has 0 saturated carbocycles. The quantitative estimate of drug-likeness (QED) is 0.840. The lowest BCUT2D eigenvalue weighted by Crippen LogP contribution is -2.36. The van der Waals surface area contributed by atoms with E-state index in [1.165, 1.54) is 0 Å². The highest BCUT2D eigenvalue weighted by molar-refractivity contribution is 9.10. The fourth-order valence-corrected chi connectivity index (χ4v) is 3.60. The Labute approximate surface area is 143 Å². The van der Waals surface area contributed by atoms with Gasteiger partial charge in [-0.05, 0) is 24.5 Å². The van der Waals surface area contributed by atoms with Crippen molar-refractivity contribution in [3.05, 3.63) is 34.4 Å². The van der Waals surface area contributed by atoms with Gasteiger partial charge in [0.1, 0.15) is 0 Å². The second kappa shape index (κ2) is 6.74. The van der Waals surface area contributed by atoms with Crippen molar-refractivity contribution >= 4 is 38.6 Å². The number of hydrogen-bond donors (Lipinski definition) is 2. The average Bonchev–Trinajstić information content (AvgIpc) is 3.13. The van der Waals surface area contributed by atoms with Gasteiger partial charge >= 0.3 is 0 Å². The summed E-state index contributed by atoms with van der Waals surface area (Å²) in [4.78, 5) is 29.1. The molecule has 1 aromatic heterocycles. The Morgan fingerprint density at radius 3 is 3.04 bits per heavy atom. The van der Waals surface area contributed by atoms with Crippen molar-refractivity contribution in [1.29, 1.82) is 0 Å². The summed E-state index contributed by atoms with van der Waals surface area (Å²) in [6.45, 7) is 4.15. The Bertz CT molecular complexity index is 741. The summed E-state index contributed by atoms with van der Waals surface area (Å²) >= 11 is 3.50. The molecule has 5 nitrogen and oxygen atoms in total. The first-order valence-corrected chi connectivity index (χ1v) is 8.67. The minimum absolute atomic E-state index is 0.0947. The van der Waals surface area contributed by atoms with Crippen LogP contribution in [0, 0.1) is 5.92 Å². The molecule has 0 spiro atoms. The number of nitrogens with zero attached hydrogens (tertiary/aromatic N) is 1. The van der Waals surface area contributed by atoms with E-state index in [4.69, 9.17) is 0 Å². The van der Waals surface area contributed by atoms with Crippen LogP contribution < -0.4 is 5.32 Å². The summed E-state index contributed by atoms with van der Waals surface area (Å²) in [6.07, 6.45) is 3.34. The predicted molar refractivity (Wildman–Crippen MR) is 93.3 cm³/mol. The molecule has 1 aromatic carbocycles. The van der Waals surface area contributed by atoms with Crippen LogP contribution in [0.4, 0.5) is 0 Å². The van der Waals surface area contributed by atoms with Crippen LogP contribution >= 0.6 is 15.9 Å². The van der Waals surface area contributed by atoms with Crippen molar-refractivity contribution in [2.45, 2.75) is 19.8 Å². The van der Waals surface area contributed by atoms with Gasteiger partial charge in [-0.1, -0.05) is 28.9 Å². The van der Waals surface area contributed by atoms with Gasteiger partial charge in [-0.3, -0.25) is 9.59 Å².